The van der Waals surface area contributed by atoms with Crippen molar-refractivity contribution in [2.45, 2.75) is 19.7 Å². The molecule has 0 atom stereocenters. The minimum absolute atomic E-state index is 0.156. The molecular formula is C15H19F2N5O. The van der Waals surface area contributed by atoms with Crippen LogP contribution in [0.3, 0.4) is 0 Å². The second-order valence-electron chi connectivity index (χ2n) is 4.64. The van der Waals surface area contributed by atoms with Gasteiger partial charge in [-0.15, -0.1) is 0 Å². The van der Waals surface area contributed by atoms with Gasteiger partial charge in [0.1, 0.15) is 5.75 Å². The lowest BCUT2D eigenvalue weighted by molar-refractivity contribution is -0.0504. The third-order valence-electron chi connectivity index (χ3n) is 3.08. The van der Waals surface area contributed by atoms with E-state index in [0.717, 1.165) is 6.54 Å². The molecule has 0 radical (unpaired) electrons. The van der Waals surface area contributed by atoms with Crippen LogP contribution in [-0.2, 0) is 13.1 Å². The lowest BCUT2D eigenvalue weighted by atomic mass is 10.2. The largest absolute Gasteiger partial charge is 0.434 e. The van der Waals surface area contributed by atoms with Gasteiger partial charge in [-0.25, -0.2) is 4.98 Å². The molecule has 8 heteroatoms. The van der Waals surface area contributed by atoms with Crippen LogP contribution in [0.4, 0.5) is 8.78 Å². The van der Waals surface area contributed by atoms with Gasteiger partial charge in [-0.1, -0.05) is 18.2 Å². The Bertz CT molecular complexity index is 616. The molecule has 6 nitrogen and oxygen atoms in total. The summed E-state index contributed by atoms with van der Waals surface area (Å²) in [5, 5.41) is 6.21. The summed E-state index contributed by atoms with van der Waals surface area (Å²) in [7, 11) is 1.65. The summed E-state index contributed by atoms with van der Waals surface area (Å²) in [6.45, 7) is -1.12. The molecule has 0 saturated carbocycles. The predicted molar refractivity (Wildman–Crippen MR) is 83.5 cm³/mol. The predicted octanol–water partition coefficient (Wildman–Crippen LogP) is 1.85. The second-order valence-corrected chi connectivity index (χ2v) is 4.64. The fourth-order valence-electron chi connectivity index (χ4n) is 1.98. The molecule has 0 spiro atoms. The SMILES string of the molecule is CN=C(NCCn1ccnc1)NCc1ccccc1OC(F)F. The number of benzene rings is 1. The molecule has 1 heterocycles. The normalized spacial score (nSPS) is 11.6. The fraction of sp³-hybridized carbons (Fsp3) is 0.333. The lowest BCUT2D eigenvalue weighted by Crippen LogP contribution is -2.38. The van der Waals surface area contributed by atoms with E-state index in [9.17, 15) is 8.78 Å². The van der Waals surface area contributed by atoms with Crippen molar-refractivity contribution in [3.8, 4) is 5.75 Å². The van der Waals surface area contributed by atoms with Crippen molar-refractivity contribution in [1.82, 2.24) is 20.2 Å². The van der Waals surface area contributed by atoms with Crippen molar-refractivity contribution in [2.75, 3.05) is 13.6 Å². The van der Waals surface area contributed by atoms with Gasteiger partial charge in [0.05, 0.1) is 6.33 Å². The third-order valence-corrected chi connectivity index (χ3v) is 3.08. The highest BCUT2D eigenvalue weighted by Gasteiger charge is 2.09. The first kappa shape index (κ1) is 16.7. The van der Waals surface area contributed by atoms with E-state index in [4.69, 9.17) is 0 Å². The van der Waals surface area contributed by atoms with Crippen LogP contribution in [-0.4, -0.2) is 35.7 Å². The summed E-state index contributed by atoms with van der Waals surface area (Å²) in [5.41, 5.74) is 0.630. The van der Waals surface area contributed by atoms with Crippen LogP contribution in [0, 0.1) is 0 Å². The van der Waals surface area contributed by atoms with Gasteiger partial charge in [0.2, 0.25) is 0 Å². The number of imidazole rings is 1. The number of para-hydroxylation sites is 1. The Morgan fingerprint density at radius 1 is 1.35 bits per heavy atom. The van der Waals surface area contributed by atoms with Gasteiger partial charge in [-0.2, -0.15) is 8.78 Å². The van der Waals surface area contributed by atoms with Gasteiger partial charge in [-0.05, 0) is 6.07 Å². The van der Waals surface area contributed by atoms with Crippen molar-refractivity contribution in [2.24, 2.45) is 4.99 Å². The van der Waals surface area contributed by atoms with Crippen LogP contribution in [0.5, 0.6) is 5.75 Å². The number of nitrogens with zero attached hydrogens (tertiary/aromatic N) is 3. The average molecular weight is 323 g/mol. The summed E-state index contributed by atoms with van der Waals surface area (Å²) in [6, 6.07) is 6.66. The maximum atomic E-state index is 12.4. The van der Waals surface area contributed by atoms with Crippen LogP contribution in [0.2, 0.25) is 0 Å². The van der Waals surface area contributed by atoms with Gasteiger partial charge in [0.15, 0.2) is 5.96 Å². The minimum Gasteiger partial charge on any atom is -0.434 e. The number of alkyl halides is 2. The van der Waals surface area contributed by atoms with Gasteiger partial charge in [-0.3, -0.25) is 4.99 Å². The van der Waals surface area contributed by atoms with E-state index in [0.29, 0.717) is 24.6 Å². The van der Waals surface area contributed by atoms with E-state index < -0.39 is 6.61 Å². The molecule has 2 rings (SSSR count). The van der Waals surface area contributed by atoms with E-state index in [-0.39, 0.29) is 5.75 Å². The monoisotopic (exact) mass is 323 g/mol. The highest BCUT2D eigenvalue weighted by atomic mass is 19.3. The van der Waals surface area contributed by atoms with Crippen molar-refractivity contribution in [3.05, 3.63) is 48.5 Å². The Labute approximate surface area is 133 Å². The van der Waals surface area contributed by atoms with Gasteiger partial charge < -0.3 is 19.9 Å². The molecule has 0 fully saturated rings. The number of halogens is 2. The molecule has 1 aromatic heterocycles. The molecule has 0 unspecified atom stereocenters. The highest BCUT2D eigenvalue weighted by molar-refractivity contribution is 5.79. The van der Waals surface area contributed by atoms with E-state index in [1.807, 2.05) is 10.8 Å². The second kappa shape index (κ2) is 8.72. The Kier molecular flexibility index (Phi) is 6.34. The van der Waals surface area contributed by atoms with Gasteiger partial charge in [0, 0.05) is 44.6 Å². The number of rotatable bonds is 7. The smallest absolute Gasteiger partial charge is 0.387 e. The first-order chi connectivity index (χ1) is 11.2. The lowest BCUT2D eigenvalue weighted by Gasteiger charge is -2.14. The summed E-state index contributed by atoms with van der Waals surface area (Å²) >= 11 is 0. The first-order valence-corrected chi connectivity index (χ1v) is 7.12. The van der Waals surface area contributed by atoms with Crippen molar-refractivity contribution >= 4 is 5.96 Å². The summed E-state index contributed by atoms with van der Waals surface area (Å²) in [6.07, 6.45) is 5.32. The van der Waals surface area contributed by atoms with Crippen molar-refractivity contribution in [1.29, 1.82) is 0 Å². The number of hydrogen-bond donors (Lipinski definition) is 2. The number of aromatic nitrogens is 2. The Morgan fingerprint density at radius 3 is 2.87 bits per heavy atom. The zero-order valence-electron chi connectivity index (χ0n) is 12.7. The van der Waals surface area contributed by atoms with E-state index in [1.165, 1.54) is 6.07 Å². The number of ether oxygens (including phenoxy) is 1. The average Bonchev–Trinajstić information content (AvgIpc) is 3.05. The number of aliphatic imine (C=N–C) groups is 1. The van der Waals surface area contributed by atoms with Crippen LogP contribution in [0.1, 0.15) is 5.56 Å². The van der Waals surface area contributed by atoms with Crippen molar-refractivity contribution in [3.63, 3.8) is 0 Å². The van der Waals surface area contributed by atoms with Gasteiger partial charge in [0.25, 0.3) is 0 Å². The third kappa shape index (κ3) is 5.57. The standard InChI is InChI=1S/C15H19F2N5O/c1-18-15(20-7-9-22-8-6-19-11-22)21-10-12-4-2-3-5-13(12)23-14(16)17/h2-6,8,11,14H,7,9-10H2,1H3,(H2,18,20,21). The molecule has 1 aromatic carbocycles. The maximum absolute atomic E-state index is 12.4. The molecule has 0 aliphatic rings. The molecule has 2 N–H and O–H groups in total. The van der Waals surface area contributed by atoms with Crippen LogP contribution >= 0.6 is 0 Å². The molecule has 23 heavy (non-hydrogen) atoms. The summed E-state index contributed by atoms with van der Waals surface area (Å²) < 4.78 is 31.2. The molecule has 0 aliphatic heterocycles. The summed E-state index contributed by atoms with van der Waals surface area (Å²) in [5.74, 6) is 0.737. The molecule has 0 bridgehead atoms. The van der Waals surface area contributed by atoms with Gasteiger partial charge >= 0.3 is 6.61 Å². The number of guanidine groups is 1. The molecule has 124 valence electrons. The Hall–Kier alpha value is -2.64. The minimum atomic E-state index is -2.84. The quantitative estimate of drug-likeness (QED) is 0.603. The molecule has 2 aromatic rings. The topological polar surface area (TPSA) is 63.5 Å². The Morgan fingerprint density at radius 2 is 2.17 bits per heavy atom. The molecule has 0 aliphatic carbocycles. The van der Waals surface area contributed by atoms with Crippen LogP contribution < -0.4 is 15.4 Å². The molecular weight excluding hydrogens is 304 g/mol. The number of nitrogens with one attached hydrogen (secondary N) is 2. The van der Waals surface area contributed by atoms with E-state index >= 15 is 0 Å². The fourth-order valence-corrected chi connectivity index (χ4v) is 1.98. The van der Waals surface area contributed by atoms with E-state index in [2.05, 4.69) is 25.3 Å². The van der Waals surface area contributed by atoms with Crippen molar-refractivity contribution < 1.29 is 13.5 Å². The Balaban J connectivity index is 1.83. The first-order valence-electron chi connectivity index (χ1n) is 7.12. The summed E-state index contributed by atoms with van der Waals surface area (Å²) in [4.78, 5) is 8.06. The zero-order chi connectivity index (χ0) is 16.5. The van der Waals surface area contributed by atoms with E-state index in [1.54, 1.807) is 37.8 Å². The molecule has 0 saturated heterocycles. The maximum Gasteiger partial charge on any atom is 0.387 e. The molecule has 0 amide bonds. The highest BCUT2D eigenvalue weighted by Crippen LogP contribution is 2.19. The zero-order valence-corrected chi connectivity index (χ0v) is 12.7. The van der Waals surface area contributed by atoms with Crippen LogP contribution in [0.25, 0.3) is 0 Å². The van der Waals surface area contributed by atoms with Crippen LogP contribution in [0.15, 0.2) is 48.0 Å². The number of hydrogen-bond acceptors (Lipinski definition) is 3.